The number of hydrogen-bond donors (Lipinski definition) is 0. The minimum absolute atomic E-state index is 0.705. The summed E-state index contributed by atoms with van der Waals surface area (Å²) in [6.07, 6.45) is 0. The molecule has 0 radical (unpaired) electrons. The summed E-state index contributed by atoms with van der Waals surface area (Å²) < 4.78 is 5.46. The first kappa shape index (κ1) is 14.0. The molecule has 0 aromatic heterocycles. The molecule has 0 aliphatic carbocycles. The van der Waals surface area contributed by atoms with Gasteiger partial charge in [-0.05, 0) is 13.1 Å². The zero-order chi connectivity index (χ0) is 11.7. The van der Waals surface area contributed by atoms with E-state index in [-0.39, 0.29) is 0 Å². The fraction of sp³-hybridized carbons (Fsp3) is 0.538. The zero-order valence-electron chi connectivity index (χ0n) is 10.6. The second kappa shape index (κ2) is 8.30. The van der Waals surface area contributed by atoms with E-state index in [0.717, 1.165) is 12.3 Å². The van der Waals surface area contributed by atoms with Crippen LogP contribution in [0.15, 0.2) is 24.3 Å². The molecule has 0 saturated heterocycles. The van der Waals surface area contributed by atoms with E-state index in [1.54, 1.807) is 0 Å². The summed E-state index contributed by atoms with van der Waals surface area (Å²) in [7, 11) is 2.05. The van der Waals surface area contributed by atoms with Crippen LogP contribution >= 0.6 is 0 Å². The van der Waals surface area contributed by atoms with Crippen LogP contribution in [0.1, 0.15) is 33.3 Å². The number of benzene rings is 1. The second-order valence-electron chi connectivity index (χ2n) is 2.90. The van der Waals surface area contributed by atoms with E-state index in [2.05, 4.69) is 18.0 Å². The molecule has 1 aliphatic heterocycles. The quantitative estimate of drug-likeness (QED) is 0.648. The molecule has 1 heterocycles. The van der Waals surface area contributed by atoms with Gasteiger partial charge in [0.05, 0.1) is 0 Å². The molecule has 0 unspecified atom stereocenters. The van der Waals surface area contributed by atoms with Gasteiger partial charge in [0.25, 0.3) is 0 Å². The molecule has 0 atom stereocenters. The molecule has 2 rings (SSSR count). The first-order valence-corrected chi connectivity index (χ1v) is 5.75. The van der Waals surface area contributed by atoms with Crippen molar-refractivity contribution in [1.82, 2.24) is 4.90 Å². The first-order chi connectivity index (χ1) is 7.36. The van der Waals surface area contributed by atoms with Crippen molar-refractivity contribution < 1.29 is 4.74 Å². The summed E-state index contributed by atoms with van der Waals surface area (Å²) in [6.45, 7) is 9.70. The lowest BCUT2D eigenvalue weighted by Gasteiger charge is -2.24. The van der Waals surface area contributed by atoms with Crippen LogP contribution in [-0.2, 0) is 6.54 Å². The van der Waals surface area contributed by atoms with Gasteiger partial charge in [0.15, 0.2) is 0 Å². The van der Waals surface area contributed by atoms with E-state index in [1.807, 2.05) is 45.9 Å². The Labute approximate surface area is 93.9 Å². The monoisotopic (exact) mass is 209 g/mol. The SMILES string of the molecule is CC.CC.CN1COc2ccccc2C1. The molecule has 0 amide bonds. The summed E-state index contributed by atoms with van der Waals surface area (Å²) in [6, 6.07) is 8.17. The number of ether oxygens (including phenoxy) is 1. The van der Waals surface area contributed by atoms with E-state index >= 15 is 0 Å². The van der Waals surface area contributed by atoms with Crippen molar-refractivity contribution in [3.8, 4) is 5.75 Å². The van der Waals surface area contributed by atoms with Gasteiger partial charge in [-0.2, -0.15) is 0 Å². The largest absolute Gasteiger partial charge is 0.478 e. The lowest BCUT2D eigenvalue weighted by molar-refractivity contribution is 0.121. The smallest absolute Gasteiger partial charge is 0.142 e. The molecule has 1 aromatic rings. The normalized spacial score (nSPS) is 13.4. The fourth-order valence-corrected chi connectivity index (χ4v) is 1.29. The van der Waals surface area contributed by atoms with Crippen LogP contribution in [-0.4, -0.2) is 18.7 Å². The molecule has 1 aromatic carbocycles. The number of hydrogen-bond acceptors (Lipinski definition) is 2. The Balaban J connectivity index is 0.000000442. The van der Waals surface area contributed by atoms with Crippen molar-refractivity contribution in [2.45, 2.75) is 34.2 Å². The van der Waals surface area contributed by atoms with Gasteiger partial charge in [-0.15, -0.1) is 0 Å². The van der Waals surface area contributed by atoms with Crippen molar-refractivity contribution in [2.24, 2.45) is 0 Å². The molecular formula is C13H23NO. The highest BCUT2D eigenvalue weighted by Crippen LogP contribution is 2.22. The van der Waals surface area contributed by atoms with Crippen molar-refractivity contribution in [1.29, 1.82) is 0 Å². The highest BCUT2D eigenvalue weighted by molar-refractivity contribution is 5.34. The van der Waals surface area contributed by atoms with Crippen molar-refractivity contribution >= 4 is 0 Å². The topological polar surface area (TPSA) is 12.5 Å². The molecule has 2 heteroatoms. The minimum atomic E-state index is 0.705. The highest BCUT2D eigenvalue weighted by Gasteiger charge is 2.11. The molecule has 0 fully saturated rings. The Morgan fingerprint density at radius 3 is 2.33 bits per heavy atom. The van der Waals surface area contributed by atoms with Gasteiger partial charge >= 0.3 is 0 Å². The number of fused-ring (bicyclic) bond motifs is 1. The zero-order valence-corrected chi connectivity index (χ0v) is 10.6. The Hall–Kier alpha value is -1.02. The molecule has 2 nitrogen and oxygen atoms in total. The predicted molar refractivity (Wildman–Crippen MR) is 66.1 cm³/mol. The average molecular weight is 209 g/mol. The van der Waals surface area contributed by atoms with Gasteiger partial charge in [-0.25, -0.2) is 0 Å². The molecule has 0 N–H and O–H groups in total. The van der Waals surface area contributed by atoms with Crippen LogP contribution in [0.2, 0.25) is 0 Å². The molecule has 15 heavy (non-hydrogen) atoms. The maximum Gasteiger partial charge on any atom is 0.142 e. The van der Waals surface area contributed by atoms with Crippen molar-refractivity contribution in [3.63, 3.8) is 0 Å². The Kier molecular flexibility index (Phi) is 7.74. The average Bonchev–Trinajstić information content (AvgIpc) is 2.34. The third kappa shape index (κ3) is 4.34. The van der Waals surface area contributed by atoms with Gasteiger partial charge in [0, 0.05) is 12.1 Å². The third-order valence-electron chi connectivity index (χ3n) is 1.85. The molecular weight excluding hydrogens is 186 g/mol. The van der Waals surface area contributed by atoms with Gasteiger partial charge in [-0.3, -0.25) is 4.90 Å². The molecule has 86 valence electrons. The van der Waals surface area contributed by atoms with Crippen molar-refractivity contribution in [2.75, 3.05) is 13.8 Å². The van der Waals surface area contributed by atoms with Gasteiger partial charge < -0.3 is 4.74 Å². The van der Waals surface area contributed by atoms with Crippen LogP contribution in [0.25, 0.3) is 0 Å². The maximum atomic E-state index is 5.46. The summed E-state index contributed by atoms with van der Waals surface area (Å²) in [5.74, 6) is 1.03. The van der Waals surface area contributed by atoms with Crippen LogP contribution < -0.4 is 4.74 Å². The second-order valence-corrected chi connectivity index (χ2v) is 2.90. The lowest BCUT2D eigenvalue weighted by Crippen LogP contribution is -2.27. The van der Waals surface area contributed by atoms with Crippen molar-refractivity contribution in [3.05, 3.63) is 29.8 Å². The highest BCUT2D eigenvalue weighted by atomic mass is 16.5. The van der Waals surface area contributed by atoms with Crippen LogP contribution in [0.5, 0.6) is 5.75 Å². The van der Waals surface area contributed by atoms with E-state index < -0.39 is 0 Å². The molecule has 0 saturated carbocycles. The summed E-state index contributed by atoms with van der Waals surface area (Å²) in [5, 5.41) is 0. The predicted octanol–water partition coefficient (Wildman–Crippen LogP) is 3.52. The minimum Gasteiger partial charge on any atom is -0.478 e. The number of nitrogens with zero attached hydrogens (tertiary/aromatic N) is 1. The van der Waals surface area contributed by atoms with E-state index in [1.165, 1.54) is 5.56 Å². The third-order valence-corrected chi connectivity index (χ3v) is 1.85. The summed E-state index contributed by atoms with van der Waals surface area (Å²) in [5.41, 5.74) is 1.28. The number of rotatable bonds is 0. The molecule has 1 aliphatic rings. The Morgan fingerprint density at radius 1 is 1.07 bits per heavy atom. The summed E-state index contributed by atoms with van der Waals surface area (Å²) >= 11 is 0. The van der Waals surface area contributed by atoms with E-state index in [9.17, 15) is 0 Å². The van der Waals surface area contributed by atoms with Crippen LogP contribution in [0.4, 0.5) is 0 Å². The van der Waals surface area contributed by atoms with Gasteiger partial charge in [0.1, 0.15) is 12.5 Å². The van der Waals surface area contributed by atoms with E-state index in [4.69, 9.17) is 4.74 Å². The fourth-order valence-electron chi connectivity index (χ4n) is 1.29. The summed E-state index contributed by atoms with van der Waals surface area (Å²) in [4.78, 5) is 2.14. The molecule has 0 spiro atoms. The first-order valence-electron chi connectivity index (χ1n) is 5.75. The van der Waals surface area contributed by atoms with Gasteiger partial charge in [0.2, 0.25) is 0 Å². The van der Waals surface area contributed by atoms with Gasteiger partial charge in [-0.1, -0.05) is 45.9 Å². The van der Waals surface area contributed by atoms with E-state index in [0.29, 0.717) is 6.73 Å². The molecule has 0 bridgehead atoms. The Morgan fingerprint density at radius 2 is 1.67 bits per heavy atom. The maximum absolute atomic E-state index is 5.46. The Bertz CT molecular complexity index is 260. The standard InChI is InChI=1S/C9H11NO.2C2H6/c1-10-6-8-4-2-3-5-9(8)11-7-10;2*1-2/h2-5H,6-7H2,1H3;2*1-2H3. The van der Waals surface area contributed by atoms with Crippen LogP contribution in [0.3, 0.4) is 0 Å². The lowest BCUT2D eigenvalue weighted by atomic mass is 10.2. The van der Waals surface area contributed by atoms with Crippen LogP contribution in [0, 0.1) is 0 Å². The number of para-hydroxylation sites is 1.